The zero-order valence-corrected chi connectivity index (χ0v) is 14.4. The lowest BCUT2D eigenvalue weighted by Crippen LogP contribution is -2.52. The first-order chi connectivity index (χ1) is 12.3. The van der Waals surface area contributed by atoms with Crippen LogP contribution in [0.15, 0.2) is 42.7 Å². The Morgan fingerprint density at radius 3 is 2.88 bits per heavy atom. The summed E-state index contributed by atoms with van der Waals surface area (Å²) >= 11 is 0. The lowest BCUT2D eigenvalue weighted by atomic mass is 9.99. The van der Waals surface area contributed by atoms with Gasteiger partial charge in [0.25, 0.3) is 5.91 Å². The molecule has 3 heterocycles. The standard InChI is InChI=1S/C19H24N4O2/c24-19(22-9-6-16-4-1-2-5-17(16)14-22)18-15-21(12-13-25-18)10-11-23-8-3-7-20-23/h1-5,7-8,18H,6,9-15H2. The number of nitrogens with zero attached hydrogens (tertiary/aromatic N) is 4. The maximum absolute atomic E-state index is 12.9. The molecule has 2 aliphatic heterocycles. The Bertz CT molecular complexity index is 716. The fourth-order valence-corrected chi connectivity index (χ4v) is 3.62. The average Bonchev–Trinajstić information content (AvgIpc) is 3.19. The molecule has 25 heavy (non-hydrogen) atoms. The number of morpholine rings is 1. The highest BCUT2D eigenvalue weighted by Crippen LogP contribution is 2.20. The Hall–Kier alpha value is -2.18. The van der Waals surface area contributed by atoms with Crippen molar-refractivity contribution < 1.29 is 9.53 Å². The molecule has 0 N–H and O–H groups in total. The van der Waals surface area contributed by atoms with Gasteiger partial charge in [0.15, 0.2) is 0 Å². The molecule has 2 aromatic rings. The van der Waals surface area contributed by atoms with Gasteiger partial charge < -0.3 is 9.64 Å². The Balaban J connectivity index is 1.34. The second-order valence-electron chi connectivity index (χ2n) is 6.71. The molecule has 4 rings (SSSR count). The van der Waals surface area contributed by atoms with Crippen LogP contribution in [-0.4, -0.2) is 64.4 Å². The molecule has 0 spiro atoms. The van der Waals surface area contributed by atoms with E-state index in [9.17, 15) is 4.79 Å². The SMILES string of the molecule is O=C(C1CN(CCn2cccn2)CCO1)N1CCc2ccccc2C1. The molecule has 1 fully saturated rings. The Morgan fingerprint density at radius 2 is 2.04 bits per heavy atom. The van der Waals surface area contributed by atoms with Crippen molar-refractivity contribution in [2.75, 3.05) is 32.8 Å². The maximum Gasteiger partial charge on any atom is 0.253 e. The maximum atomic E-state index is 12.9. The van der Waals surface area contributed by atoms with Crippen LogP contribution in [0.25, 0.3) is 0 Å². The predicted molar refractivity (Wildman–Crippen MR) is 94.0 cm³/mol. The van der Waals surface area contributed by atoms with Gasteiger partial charge in [-0.1, -0.05) is 24.3 Å². The topological polar surface area (TPSA) is 50.6 Å². The molecule has 6 nitrogen and oxygen atoms in total. The third kappa shape index (κ3) is 3.75. The van der Waals surface area contributed by atoms with E-state index in [-0.39, 0.29) is 12.0 Å². The smallest absolute Gasteiger partial charge is 0.253 e. The van der Waals surface area contributed by atoms with E-state index in [1.54, 1.807) is 6.20 Å². The number of hydrogen-bond acceptors (Lipinski definition) is 4. The van der Waals surface area contributed by atoms with E-state index in [1.807, 2.05) is 27.9 Å². The van der Waals surface area contributed by atoms with Crippen molar-refractivity contribution in [2.24, 2.45) is 0 Å². The van der Waals surface area contributed by atoms with Crippen molar-refractivity contribution in [2.45, 2.75) is 25.6 Å². The average molecular weight is 340 g/mol. The number of hydrogen-bond donors (Lipinski definition) is 0. The summed E-state index contributed by atoms with van der Waals surface area (Å²) < 4.78 is 7.72. The third-order valence-electron chi connectivity index (χ3n) is 5.07. The van der Waals surface area contributed by atoms with E-state index in [0.29, 0.717) is 19.7 Å². The summed E-state index contributed by atoms with van der Waals surface area (Å²) in [5.74, 6) is 0.123. The minimum absolute atomic E-state index is 0.123. The first-order valence-corrected chi connectivity index (χ1v) is 8.96. The summed E-state index contributed by atoms with van der Waals surface area (Å²) in [6.07, 6.45) is 4.34. The summed E-state index contributed by atoms with van der Waals surface area (Å²) in [4.78, 5) is 17.1. The molecule has 1 aromatic heterocycles. The minimum atomic E-state index is -0.350. The molecule has 1 aromatic carbocycles. The summed E-state index contributed by atoms with van der Waals surface area (Å²) in [5.41, 5.74) is 2.62. The second kappa shape index (κ2) is 7.37. The van der Waals surface area contributed by atoms with Crippen molar-refractivity contribution in [3.8, 4) is 0 Å². The van der Waals surface area contributed by atoms with E-state index >= 15 is 0 Å². The van der Waals surface area contributed by atoms with Crippen molar-refractivity contribution in [3.05, 3.63) is 53.9 Å². The fourth-order valence-electron chi connectivity index (χ4n) is 3.62. The van der Waals surface area contributed by atoms with E-state index in [1.165, 1.54) is 11.1 Å². The van der Waals surface area contributed by atoms with Crippen LogP contribution in [-0.2, 0) is 29.0 Å². The van der Waals surface area contributed by atoms with Crippen LogP contribution in [0.3, 0.4) is 0 Å². The van der Waals surface area contributed by atoms with Crippen LogP contribution in [0.4, 0.5) is 0 Å². The zero-order valence-electron chi connectivity index (χ0n) is 14.4. The molecule has 1 unspecified atom stereocenters. The molecule has 0 radical (unpaired) electrons. The van der Waals surface area contributed by atoms with Gasteiger partial charge in [-0.25, -0.2) is 0 Å². The van der Waals surface area contributed by atoms with Crippen molar-refractivity contribution >= 4 is 5.91 Å². The van der Waals surface area contributed by atoms with E-state index < -0.39 is 0 Å². The summed E-state index contributed by atoms with van der Waals surface area (Å²) in [6.45, 7) is 5.35. The van der Waals surface area contributed by atoms with Crippen LogP contribution in [0.2, 0.25) is 0 Å². The van der Waals surface area contributed by atoms with Gasteiger partial charge in [-0.05, 0) is 23.6 Å². The third-order valence-corrected chi connectivity index (χ3v) is 5.07. The van der Waals surface area contributed by atoms with Gasteiger partial charge >= 0.3 is 0 Å². The molecule has 0 saturated carbocycles. The molecule has 6 heteroatoms. The number of amides is 1. The quantitative estimate of drug-likeness (QED) is 0.838. The summed E-state index contributed by atoms with van der Waals surface area (Å²) in [7, 11) is 0. The molecule has 1 saturated heterocycles. The highest BCUT2D eigenvalue weighted by Gasteiger charge is 2.31. The van der Waals surface area contributed by atoms with Crippen molar-refractivity contribution in [3.63, 3.8) is 0 Å². The molecule has 2 aliphatic rings. The second-order valence-corrected chi connectivity index (χ2v) is 6.71. The van der Waals surface area contributed by atoms with Gasteiger partial charge in [0.2, 0.25) is 0 Å². The molecule has 0 bridgehead atoms. The van der Waals surface area contributed by atoms with Gasteiger partial charge in [0, 0.05) is 45.1 Å². The monoisotopic (exact) mass is 340 g/mol. The molecular weight excluding hydrogens is 316 g/mol. The number of ether oxygens (including phenoxy) is 1. The molecular formula is C19H24N4O2. The van der Waals surface area contributed by atoms with E-state index in [0.717, 1.165) is 32.6 Å². The Morgan fingerprint density at radius 1 is 1.16 bits per heavy atom. The normalized spacial score (nSPS) is 21.1. The van der Waals surface area contributed by atoms with Crippen molar-refractivity contribution in [1.29, 1.82) is 0 Å². The Kier molecular flexibility index (Phi) is 4.81. The van der Waals surface area contributed by atoms with Gasteiger partial charge in [-0.15, -0.1) is 0 Å². The first-order valence-electron chi connectivity index (χ1n) is 8.96. The summed E-state index contributed by atoms with van der Waals surface area (Å²) in [5, 5.41) is 4.23. The van der Waals surface area contributed by atoms with E-state index in [4.69, 9.17) is 4.74 Å². The molecule has 1 amide bonds. The van der Waals surface area contributed by atoms with Crippen LogP contribution in [0, 0.1) is 0 Å². The molecule has 132 valence electrons. The first kappa shape index (κ1) is 16.3. The van der Waals surface area contributed by atoms with Gasteiger partial charge in [-0.3, -0.25) is 14.4 Å². The van der Waals surface area contributed by atoms with Gasteiger partial charge in [0.05, 0.1) is 13.2 Å². The highest BCUT2D eigenvalue weighted by atomic mass is 16.5. The van der Waals surface area contributed by atoms with Crippen molar-refractivity contribution in [1.82, 2.24) is 19.6 Å². The fraction of sp³-hybridized carbons (Fsp3) is 0.474. The van der Waals surface area contributed by atoms with Crippen LogP contribution in [0.5, 0.6) is 0 Å². The molecule has 0 aliphatic carbocycles. The largest absolute Gasteiger partial charge is 0.366 e. The van der Waals surface area contributed by atoms with Gasteiger partial charge in [0.1, 0.15) is 6.10 Å². The number of carbonyl (C=O) groups is 1. The molecule has 1 atom stereocenters. The zero-order chi connectivity index (χ0) is 17.1. The number of benzene rings is 1. The van der Waals surface area contributed by atoms with E-state index in [2.05, 4.69) is 28.2 Å². The number of carbonyl (C=O) groups excluding carboxylic acids is 1. The lowest BCUT2D eigenvalue weighted by Gasteiger charge is -2.36. The van der Waals surface area contributed by atoms with Crippen LogP contribution < -0.4 is 0 Å². The number of rotatable bonds is 4. The lowest BCUT2D eigenvalue weighted by molar-refractivity contribution is -0.150. The number of fused-ring (bicyclic) bond motifs is 1. The van der Waals surface area contributed by atoms with Crippen LogP contribution >= 0.6 is 0 Å². The van der Waals surface area contributed by atoms with Gasteiger partial charge in [-0.2, -0.15) is 5.10 Å². The summed E-state index contributed by atoms with van der Waals surface area (Å²) in [6, 6.07) is 10.3. The van der Waals surface area contributed by atoms with Crippen LogP contribution in [0.1, 0.15) is 11.1 Å². The Labute approximate surface area is 148 Å². The predicted octanol–water partition coefficient (Wildman–Crippen LogP) is 1.17. The minimum Gasteiger partial charge on any atom is -0.366 e. The number of aromatic nitrogens is 2. The highest BCUT2D eigenvalue weighted by molar-refractivity contribution is 5.81.